The minimum absolute atomic E-state index is 0.411. The fraction of sp³-hybridized carbons (Fsp3) is 0.364. The first kappa shape index (κ1) is 10.4. The van der Waals surface area contributed by atoms with Gasteiger partial charge < -0.3 is 9.47 Å². The summed E-state index contributed by atoms with van der Waals surface area (Å²) in [5.41, 5.74) is 0. The predicted molar refractivity (Wildman–Crippen MR) is 53.3 cm³/mol. The number of nitriles is 1. The van der Waals surface area contributed by atoms with Gasteiger partial charge in [-0.15, -0.1) is 0 Å². The highest BCUT2D eigenvalue weighted by molar-refractivity contribution is 5.39. The third-order valence-corrected chi connectivity index (χ3v) is 1.85. The van der Waals surface area contributed by atoms with Crippen molar-refractivity contribution in [2.75, 3.05) is 7.11 Å². The lowest BCUT2D eigenvalue weighted by Gasteiger charge is -2.12. The van der Waals surface area contributed by atoms with Crippen LogP contribution in [-0.4, -0.2) is 13.2 Å². The molecule has 3 heteroatoms. The Morgan fingerprint density at radius 1 is 1.36 bits per heavy atom. The van der Waals surface area contributed by atoms with Crippen LogP contribution in [0, 0.1) is 11.3 Å². The Hall–Kier alpha value is -1.69. The number of hydrogen-bond donors (Lipinski definition) is 0. The fourth-order valence-electron chi connectivity index (χ4n) is 1.07. The van der Waals surface area contributed by atoms with Crippen molar-refractivity contribution in [1.82, 2.24) is 0 Å². The van der Waals surface area contributed by atoms with E-state index in [2.05, 4.69) is 6.07 Å². The van der Waals surface area contributed by atoms with Crippen LogP contribution in [-0.2, 0) is 0 Å². The van der Waals surface area contributed by atoms with Gasteiger partial charge in [-0.3, -0.25) is 0 Å². The molecule has 0 aliphatic carbocycles. The standard InChI is InChI=1S/C11H13NO2/c1-3-9(8-12)14-11-7-5-4-6-10(11)13-2/h4-7,9H,3H2,1-2H3. The first-order chi connectivity index (χ1) is 6.81. The van der Waals surface area contributed by atoms with Crippen molar-refractivity contribution in [1.29, 1.82) is 5.26 Å². The maximum absolute atomic E-state index is 8.74. The number of rotatable bonds is 4. The molecule has 14 heavy (non-hydrogen) atoms. The molecule has 3 nitrogen and oxygen atoms in total. The van der Waals surface area contributed by atoms with Crippen molar-refractivity contribution in [3.8, 4) is 17.6 Å². The number of methoxy groups -OCH3 is 1. The van der Waals surface area contributed by atoms with Crippen LogP contribution in [0.4, 0.5) is 0 Å². The molecule has 1 atom stereocenters. The van der Waals surface area contributed by atoms with E-state index in [-0.39, 0.29) is 0 Å². The monoisotopic (exact) mass is 191 g/mol. The van der Waals surface area contributed by atoms with E-state index in [4.69, 9.17) is 14.7 Å². The average Bonchev–Trinajstić information content (AvgIpc) is 2.26. The molecule has 0 heterocycles. The van der Waals surface area contributed by atoms with Gasteiger partial charge in [0.2, 0.25) is 0 Å². The van der Waals surface area contributed by atoms with Crippen LogP contribution in [0.15, 0.2) is 24.3 Å². The summed E-state index contributed by atoms with van der Waals surface area (Å²) in [7, 11) is 1.58. The van der Waals surface area contributed by atoms with E-state index in [9.17, 15) is 0 Å². The highest BCUT2D eigenvalue weighted by atomic mass is 16.5. The third kappa shape index (κ3) is 2.40. The number of ether oxygens (including phenoxy) is 2. The molecule has 0 saturated carbocycles. The highest BCUT2D eigenvalue weighted by Gasteiger charge is 2.09. The second-order valence-corrected chi connectivity index (χ2v) is 2.79. The SMILES string of the molecule is CCC(C#N)Oc1ccccc1OC. The van der Waals surface area contributed by atoms with E-state index in [1.165, 1.54) is 0 Å². The minimum atomic E-state index is -0.411. The summed E-state index contributed by atoms with van der Waals surface area (Å²) >= 11 is 0. The largest absolute Gasteiger partial charge is 0.493 e. The summed E-state index contributed by atoms with van der Waals surface area (Å²) in [6, 6.07) is 9.38. The normalized spacial score (nSPS) is 11.5. The molecule has 0 spiro atoms. The van der Waals surface area contributed by atoms with Gasteiger partial charge in [-0.2, -0.15) is 5.26 Å². The van der Waals surface area contributed by atoms with Crippen LogP contribution in [0.25, 0.3) is 0 Å². The molecule has 0 amide bonds. The van der Waals surface area contributed by atoms with Crippen LogP contribution in [0.5, 0.6) is 11.5 Å². The van der Waals surface area contributed by atoms with E-state index < -0.39 is 6.10 Å². The average molecular weight is 191 g/mol. The lowest BCUT2D eigenvalue weighted by Crippen LogP contribution is -2.12. The highest BCUT2D eigenvalue weighted by Crippen LogP contribution is 2.26. The van der Waals surface area contributed by atoms with Gasteiger partial charge in [0.1, 0.15) is 6.07 Å². The molecular weight excluding hydrogens is 178 g/mol. The van der Waals surface area contributed by atoms with Crippen LogP contribution in [0.3, 0.4) is 0 Å². The third-order valence-electron chi connectivity index (χ3n) is 1.85. The molecule has 0 bridgehead atoms. The van der Waals surface area contributed by atoms with Crippen LogP contribution in [0.2, 0.25) is 0 Å². The molecule has 1 aromatic carbocycles. The van der Waals surface area contributed by atoms with Gasteiger partial charge in [-0.25, -0.2) is 0 Å². The lowest BCUT2D eigenvalue weighted by atomic mass is 10.3. The van der Waals surface area contributed by atoms with Crippen LogP contribution < -0.4 is 9.47 Å². The minimum Gasteiger partial charge on any atom is -0.493 e. The Labute approximate surface area is 83.9 Å². The van der Waals surface area contributed by atoms with Gasteiger partial charge in [0.25, 0.3) is 0 Å². The van der Waals surface area contributed by atoms with Crippen LogP contribution in [0.1, 0.15) is 13.3 Å². The Morgan fingerprint density at radius 3 is 2.50 bits per heavy atom. The van der Waals surface area contributed by atoms with Gasteiger partial charge in [0.15, 0.2) is 17.6 Å². The van der Waals surface area contributed by atoms with Crippen molar-refractivity contribution in [3.63, 3.8) is 0 Å². The molecule has 74 valence electrons. The smallest absolute Gasteiger partial charge is 0.184 e. The van der Waals surface area contributed by atoms with Crippen molar-refractivity contribution < 1.29 is 9.47 Å². The molecule has 0 radical (unpaired) electrons. The summed E-state index contributed by atoms with van der Waals surface area (Å²) in [4.78, 5) is 0. The molecule has 1 unspecified atom stereocenters. The van der Waals surface area contributed by atoms with Gasteiger partial charge in [-0.1, -0.05) is 19.1 Å². The molecule has 0 N–H and O–H groups in total. The Bertz CT molecular complexity index is 330. The quantitative estimate of drug-likeness (QED) is 0.733. The van der Waals surface area contributed by atoms with E-state index in [1.54, 1.807) is 19.2 Å². The predicted octanol–water partition coefficient (Wildman–Crippen LogP) is 2.38. The fourth-order valence-corrected chi connectivity index (χ4v) is 1.07. The second-order valence-electron chi connectivity index (χ2n) is 2.79. The summed E-state index contributed by atoms with van der Waals surface area (Å²) in [6.07, 6.45) is 0.250. The molecule has 0 aromatic heterocycles. The Kier molecular flexibility index (Phi) is 3.81. The number of benzene rings is 1. The topological polar surface area (TPSA) is 42.2 Å². The number of hydrogen-bond acceptors (Lipinski definition) is 3. The van der Waals surface area contributed by atoms with Crippen molar-refractivity contribution >= 4 is 0 Å². The first-order valence-electron chi connectivity index (χ1n) is 4.51. The maximum Gasteiger partial charge on any atom is 0.184 e. The van der Waals surface area contributed by atoms with Gasteiger partial charge in [0.05, 0.1) is 7.11 Å². The molecule has 0 fully saturated rings. The summed E-state index contributed by atoms with van der Waals surface area (Å²) in [5, 5.41) is 8.74. The summed E-state index contributed by atoms with van der Waals surface area (Å²) in [6.45, 7) is 1.91. The van der Waals surface area contributed by atoms with E-state index in [0.717, 1.165) is 0 Å². The zero-order valence-electron chi connectivity index (χ0n) is 8.36. The Balaban J connectivity index is 2.80. The second kappa shape index (κ2) is 5.13. The van der Waals surface area contributed by atoms with Crippen molar-refractivity contribution in [2.45, 2.75) is 19.4 Å². The Morgan fingerprint density at radius 2 is 2.00 bits per heavy atom. The summed E-state index contributed by atoms with van der Waals surface area (Å²) in [5.74, 6) is 1.27. The molecule has 0 saturated heterocycles. The lowest BCUT2D eigenvalue weighted by molar-refractivity contribution is 0.239. The van der Waals surface area contributed by atoms with E-state index in [1.807, 2.05) is 19.1 Å². The molecule has 0 aliphatic heterocycles. The zero-order valence-corrected chi connectivity index (χ0v) is 8.36. The van der Waals surface area contributed by atoms with E-state index in [0.29, 0.717) is 17.9 Å². The zero-order chi connectivity index (χ0) is 10.4. The van der Waals surface area contributed by atoms with Gasteiger partial charge in [-0.05, 0) is 18.6 Å². The molecular formula is C11H13NO2. The first-order valence-corrected chi connectivity index (χ1v) is 4.51. The molecule has 1 aromatic rings. The van der Waals surface area contributed by atoms with Gasteiger partial charge >= 0.3 is 0 Å². The van der Waals surface area contributed by atoms with E-state index >= 15 is 0 Å². The van der Waals surface area contributed by atoms with Gasteiger partial charge in [0, 0.05) is 0 Å². The van der Waals surface area contributed by atoms with Crippen LogP contribution >= 0.6 is 0 Å². The number of nitrogens with zero attached hydrogens (tertiary/aromatic N) is 1. The summed E-state index contributed by atoms with van der Waals surface area (Å²) < 4.78 is 10.5. The molecule has 0 aliphatic rings. The maximum atomic E-state index is 8.74. The molecule has 1 rings (SSSR count). The van der Waals surface area contributed by atoms with Crippen molar-refractivity contribution in [2.24, 2.45) is 0 Å². The van der Waals surface area contributed by atoms with Crippen molar-refractivity contribution in [3.05, 3.63) is 24.3 Å². The number of para-hydroxylation sites is 2.